The summed E-state index contributed by atoms with van der Waals surface area (Å²) < 4.78 is 0. The first kappa shape index (κ1) is 8.48. The van der Waals surface area contributed by atoms with Gasteiger partial charge >= 0.3 is 0 Å². The van der Waals surface area contributed by atoms with E-state index in [4.69, 9.17) is 5.26 Å². The first-order chi connectivity index (χ1) is 5.77. The summed E-state index contributed by atoms with van der Waals surface area (Å²) in [7, 11) is 0. The van der Waals surface area contributed by atoms with Gasteiger partial charge in [0.25, 0.3) is 0 Å². The molecule has 1 atom stereocenters. The van der Waals surface area contributed by atoms with E-state index < -0.39 is 0 Å². The van der Waals surface area contributed by atoms with Gasteiger partial charge in [0.05, 0.1) is 12.0 Å². The monoisotopic (exact) mass is 159 g/mol. The van der Waals surface area contributed by atoms with Crippen LogP contribution in [0.1, 0.15) is 28.8 Å². The number of aldehydes is 1. The van der Waals surface area contributed by atoms with Crippen molar-refractivity contribution in [2.75, 3.05) is 0 Å². The van der Waals surface area contributed by atoms with Crippen molar-refractivity contribution in [3.8, 4) is 6.07 Å². The lowest BCUT2D eigenvalue weighted by Gasteiger charge is -2.01. The number of rotatable bonds is 2. The molecule has 0 spiro atoms. The molecule has 0 heterocycles. The van der Waals surface area contributed by atoms with Crippen LogP contribution in [0.2, 0.25) is 0 Å². The minimum absolute atomic E-state index is 0.148. The lowest BCUT2D eigenvalue weighted by Crippen LogP contribution is -1.90. The van der Waals surface area contributed by atoms with Crippen LogP contribution in [0.4, 0.5) is 0 Å². The standard InChI is InChI=1S/C10H9NO/c1-8(6-11)10-4-2-3-9(5-10)7-12/h2-5,7-8H,1H3/t8-/m0/s1. The number of hydrogen-bond donors (Lipinski definition) is 0. The van der Waals surface area contributed by atoms with Crippen molar-refractivity contribution in [1.82, 2.24) is 0 Å². The zero-order valence-corrected chi connectivity index (χ0v) is 6.82. The number of carbonyl (C=O) groups excluding carboxylic acids is 1. The van der Waals surface area contributed by atoms with Gasteiger partial charge in [0.2, 0.25) is 0 Å². The summed E-state index contributed by atoms with van der Waals surface area (Å²) >= 11 is 0. The summed E-state index contributed by atoms with van der Waals surface area (Å²) in [5.74, 6) is -0.148. The fourth-order valence-electron chi connectivity index (χ4n) is 0.976. The minimum Gasteiger partial charge on any atom is -0.298 e. The van der Waals surface area contributed by atoms with Crippen LogP contribution in [0.3, 0.4) is 0 Å². The van der Waals surface area contributed by atoms with Gasteiger partial charge in [-0.05, 0) is 18.6 Å². The van der Waals surface area contributed by atoms with Crippen molar-refractivity contribution in [1.29, 1.82) is 5.26 Å². The van der Waals surface area contributed by atoms with Crippen LogP contribution < -0.4 is 0 Å². The fraction of sp³-hybridized carbons (Fsp3) is 0.200. The van der Waals surface area contributed by atoms with E-state index in [-0.39, 0.29) is 5.92 Å². The van der Waals surface area contributed by atoms with E-state index in [1.165, 1.54) is 0 Å². The Bertz CT molecular complexity index is 325. The highest BCUT2D eigenvalue weighted by Gasteiger charge is 2.02. The summed E-state index contributed by atoms with van der Waals surface area (Å²) in [6.07, 6.45) is 0.785. The number of benzene rings is 1. The molecule has 0 aromatic heterocycles. The normalized spacial score (nSPS) is 11.7. The molecule has 0 unspecified atom stereocenters. The highest BCUT2D eigenvalue weighted by Crippen LogP contribution is 2.14. The van der Waals surface area contributed by atoms with Crippen LogP contribution in [-0.4, -0.2) is 6.29 Å². The molecular weight excluding hydrogens is 150 g/mol. The van der Waals surface area contributed by atoms with E-state index in [1.807, 2.05) is 13.0 Å². The second-order valence-electron chi connectivity index (χ2n) is 2.64. The minimum atomic E-state index is -0.148. The Morgan fingerprint density at radius 2 is 2.33 bits per heavy atom. The molecule has 1 aromatic rings. The second kappa shape index (κ2) is 3.68. The van der Waals surface area contributed by atoms with E-state index in [2.05, 4.69) is 6.07 Å². The average Bonchev–Trinajstić information content (AvgIpc) is 2.17. The van der Waals surface area contributed by atoms with E-state index >= 15 is 0 Å². The van der Waals surface area contributed by atoms with Gasteiger partial charge in [-0.3, -0.25) is 4.79 Å². The van der Waals surface area contributed by atoms with Crippen LogP contribution in [0.15, 0.2) is 24.3 Å². The van der Waals surface area contributed by atoms with Crippen molar-refractivity contribution in [2.45, 2.75) is 12.8 Å². The van der Waals surface area contributed by atoms with Crippen molar-refractivity contribution < 1.29 is 4.79 Å². The average molecular weight is 159 g/mol. The maximum atomic E-state index is 10.4. The molecule has 0 aliphatic carbocycles. The van der Waals surface area contributed by atoms with Crippen LogP contribution in [-0.2, 0) is 0 Å². The molecule has 0 radical (unpaired) electrons. The zero-order valence-electron chi connectivity index (χ0n) is 6.82. The lowest BCUT2D eigenvalue weighted by molar-refractivity contribution is 0.112. The third kappa shape index (κ3) is 1.70. The van der Waals surface area contributed by atoms with Crippen LogP contribution in [0.5, 0.6) is 0 Å². The predicted molar refractivity (Wildman–Crippen MR) is 45.9 cm³/mol. The molecular formula is C10H9NO. The van der Waals surface area contributed by atoms with Gasteiger partial charge in [0.1, 0.15) is 6.29 Å². The van der Waals surface area contributed by atoms with Gasteiger partial charge in [-0.2, -0.15) is 5.26 Å². The first-order valence-electron chi connectivity index (χ1n) is 3.72. The maximum Gasteiger partial charge on any atom is 0.150 e. The summed E-state index contributed by atoms with van der Waals surface area (Å²) in [4.78, 5) is 10.4. The SMILES string of the molecule is C[C@@H](C#N)c1cccc(C=O)c1. The van der Waals surface area contributed by atoms with Gasteiger partial charge in [-0.1, -0.05) is 18.2 Å². The summed E-state index contributed by atoms with van der Waals surface area (Å²) in [5, 5.41) is 8.61. The molecule has 0 aliphatic heterocycles. The molecule has 0 fully saturated rings. The van der Waals surface area contributed by atoms with Gasteiger partial charge in [-0.15, -0.1) is 0 Å². The Morgan fingerprint density at radius 1 is 1.58 bits per heavy atom. The lowest BCUT2D eigenvalue weighted by atomic mass is 10.0. The number of nitriles is 1. The molecule has 1 rings (SSSR count). The van der Waals surface area contributed by atoms with Crippen molar-refractivity contribution in [3.05, 3.63) is 35.4 Å². The zero-order chi connectivity index (χ0) is 8.97. The summed E-state index contributed by atoms with van der Waals surface area (Å²) in [5.41, 5.74) is 1.51. The largest absolute Gasteiger partial charge is 0.298 e. The molecule has 60 valence electrons. The topological polar surface area (TPSA) is 40.9 Å². The van der Waals surface area contributed by atoms with Crippen LogP contribution >= 0.6 is 0 Å². The molecule has 0 amide bonds. The fourth-order valence-corrected chi connectivity index (χ4v) is 0.976. The number of nitrogens with zero attached hydrogens (tertiary/aromatic N) is 1. The predicted octanol–water partition coefficient (Wildman–Crippen LogP) is 2.13. The molecule has 0 saturated heterocycles. The molecule has 0 saturated carbocycles. The third-order valence-electron chi connectivity index (χ3n) is 1.74. The van der Waals surface area contributed by atoms with Crippen molar-refractivity contribution in [3.63, 3.8) is 0 Å². The van der Waals surface area contributed by atoms with Crippen LogP contribution in [0.25, 0.3) is 0 Å². The summed E-state index contributed by atoms with van der Waals surface area (Å²) in [6.45, 7) is 1.81. The van der Waals surface area contributed by atoms with E-state index in [0.29, 0.717) is 5.56 Å². The van der Waals surface area contributed by atoms with E-state index in [9.17, 15) is 4.79 Å². The van der Waals surface area contributed by atoms with E-state index in [0.717, 1.165) is 11.8 Å². The van der Waals surface area contributed by atoms with Crippen molar-refractivity contribution in [2.24, 2.45) is 0 Å². The Balaban J connectivity index is 3.03. The van der Waals surface area contributed by atoms with Crippen LogP contribution in [0, 0.1) is 11.3 Å². The van der Waals surface area contributed by atoms with Gasteiger partial charge in [-0.25, -0.2) is 0 Å². The molecule has 1 aromatic carbocycles. The Morgan fingerprint density at radius 3 is 2.92 bits per heavy atom. The maximum absolute atomic E-state index is 10.4. The Labute approximate surface area is 71.4 Å². The number of hydrogen-bond acceptors (Lipinski definition) is 2. The number of carbonyl (C=O) groups is 1. The second-order valence-corrected chi connectivity index (χ2v) is 2.64. The van der Waals surface area contributed by atoms with E-state index in [1.54, 1.807) is 18.2 Å². The molecule has 0 bridgehead atoms. The molecule has 12 heavy (non-hydrogen) atoms. The Hall–Kier alpha value is -1.62. The highest BCUT2D eigenvalue weighted by molar-refractivity contribution is 5.75. The molecule has 2 heteroatoms. The highest BCUT2D eigenvalue weighted by atomic mass is 16.1. The smallest absolute Gasteiger partial charge is 0.150 e. The first-order valence-corrected chi connectivity index (χ1v) is 3.72. The van der Waals surface area contributed by atoms with Gasteiger partial charge in [0.15, 0.2) is 0 Å². The quantitative estimate of drug-likeness (QED) is 0.620. The van der Waals surface area contributed by atoms with Gasteiger partial charge < -0.3 is 0 Å². The third-order valence-corrected chi connectivity index (χ3v) is 1.74. The molecule has 0 N–H and O–H groups in total. The van der Waals surface area contributed by atoms with Gasteiger partial charge in [0, 0.05) is 5.56 Å². The summed E-state index contributed by atoms with van der Waals surface area (Å²) in [6, 6.07) is 9.21. The molecule has 2 nitrogen and oxygen atoms in total. The Kier molecular flexibility index (Phi) is 2.60. The molecule has 0 aliphatic rings. The van der Waals surface area contributed by atoms with Crippen molar-refractivity contribution >= 4 is 6.29 Å².